The largest absolute Gasteiger partial charge is 0.344 e. The van der Waals surface area contributed by atoms with E-state index >= 15 is 0 Å². The zero-order valence-corrected chi connectivity index (χ0v) is 17.7. The SMILES string of the molecule is O=C(NCc1ccccc1Cl)C(=O)Nc1nc(C23CC4CC(CC(C4)C2)C3)cs1. The van der Waals surface area contributed by atoms with E-state index < -0.39 is 11.8 Å². The number of carbonyl (C=O) groups excluding carboxylic acids is 2. The molecule has 0 radical (unpaired) electrons. The minimum Gasteiger partial charge on any atom is -0.344 e. The van der Waals surface area contributed by atoms with Gasteiger partial charge in [0.2, 0.25) is 0 Å². The number of nitrogens with one attached hydrogen (secondary N) is 2. The molecule has 0 atom stereocenters. The van der Waals surface area contributed by atoms with Gasteiger partial charge < -0.3 is 5.32 Å². The van der Waals surface area contributed by atoms with Crippen LogP contribution >= 0.6 is 22.9 Å². The summed E-state index contributed by atoms with van der Waals surface area (Å²) in [6.07, 6.45) is 7.85. The Morgan fingerprint density at radius 1 is 1.07 bits per heavy atom. The van der Waals surface area contributed by atoms with Gasteiger partial charge in [0.25, 0.3) is 0 Å². The van der Waals surface area contributed by atoms with Crippen molar-refractivity contribution < 1.29 is 9.59 Å². The van der Waals surface area contributed by atoms with E-state index in [1.165, 1.54) is 49.9 Å². The summed E-state index contributed by atoms with van der Waals surface area (Å²) in [5.41, 5.74) is 2.09. The fourth-order valence-electron chi connectivity index (χ4n) is 6.05. The molecule has 2 aromatic rings. The van der Waals surface area contributed by atoms with Gasteiger partial charge in [-0.05, 0) is 67.9 Å². The Bertz CT molecular complexity index is 922. The van der Waals surface area contributed by atoms with Gasteiger partial charge in [-0.15, -0.1) is 11.3 Å². The predicted molar refractivity (Wildman–Crippen MR) is 114 cm³/mol. The Morgan fingerprint density at radius 3 is 2.38 bits per heavy atom. The van der Waals surface area contributed by atoms with Crippen molar-refractivity contribution >= 4 is 39.9 Å². The highest BCUT2D eigenvalue weighted by Gasteiger charge is 2.52. The molecule has 152 valence electrons. The number of anilines is 1. The summed E-state index contributed by atoms with van der Waals surface area (Å²) in [5, 5.41) is 8.44. The zero-order valence-electron chi connectivity index (χ0n) is 16.1. The number of halogens is 1. The van der Waals surface area contributed by atoms with Crippen molar-refractivity contribution in [3.05, 3.63) is 45.9 Å². The number of hydrogen-bond acceptors (Lipinski definition) is 4. The first kappa shape index (κ1) is 19.1. The van der Waals surface area contributed by atoms with Crippen molar-refractivity contribution in [2.75, 3.05) is 5.32 Å². The maximum Gasteiger partial charge on any atom is 0.315 e. The van der Waals surface area contributed by atoms with Gasteiger partial charge >= 0.3 is 11.8 Å². The second kappa shape index (κ2) is 7.40. The minimum absolute atomic E-state index is 0.195. The molecule has 4 saturated carbocycles. The van der Waals surface area contributed by atoms with Crippen LogP contribution in [-0.4, -0.2) is 16.8 Å². The van der Waals surface area contributed by atoms with Crippen LogP contribution in [0.1, 0.15) is 49.8 Å². The van der Waals surface area contributed by atoms with Crippen LogP contribution in [0.3, 0.4) is 0 Å². The molecule has 7 heteroatoms. The first-order valence-corrected chi connectivity index (χ1v) is 11.5. The fourth-order valence-corrected chi connectivity index (χ4v) is 7.08. The molecule has 6 rings (SSSR count). The summed E-state index contributed by atoms with van der Waals surface area (Å²) in [4.78, 5) is 29.2. The molecule has 0 saturated heterocycles. The summed E-state index contributed by atoms with van der Waals surface area (Å²) < 4.78 is 0. The van der Waals surface area contributed by atoms with Crippen molar-refractivity contribution in [1.29, 1.82) is 0 Å². The quantitative estimate of drug-likeness (QED) is 0.702. The Labute approximate surface area is 179 Å². The molecule has 0 aliphatic heterocycles. The van der Waals surface area contributed by atoms with Gasteiger partial charge in [-0.25, -0.2) is 4.98 Å². The van der Waals surface area contributed by atoms with Gasteiger partial charge in [0.15, 0.2) is 5.13 Å². The molecular formula is C22H24ClN3O2S. The maximum atomic E-state index is 12.3. The van der Waals surface area contributed by atoms with E-state index in [0.717, 1.165) is 29.0 Å². The highest BCUT2D eigenvalue weighted by atomic mass is 35.5. The number of aromatic nitrogens is 1. The number of thiazole rings is 1. The third-order valence-electron chi connectivity index (χ3n) is 6.91. The topological polar surface area (TPSA) is 71.1 Å². The van der Waals surface area contributed by atoms with Gasteiger partial charge in [-0.3, -0.25) is 14.9 Å². The van der Waals surface area contributed by atoms with Crippen LogP contribution in [0.25, 0.3) is 0 Å². The minimum atomic E-state index is -0.691. The molecular weight excluding hydrogens is 406 g/mol. The average Bonchev–Trinajstić information content (AvgIpc) is 3.15. The van der Waals surface area contributed by atoms with Gasteiger partial charge in [-0.1, -0.05) is 29.8 Å². The highest BCUT2D eigenvalue weighted by molar-refractivity contribution is 7.14. The third-order valence-corrected chi connectivity index (χ3v) is 8.04. The van der Waals surface area contributed by atoms with Crippen molar-refractivity contribution in [2.24, 2.45) is 17.8 Å². The maximum absolute atomic E-state index is 12.3. The van der Waals surface area contributed by atoms with Crippen molar-refractivity contribution in [3.8, 4) is 0 Å². The Hall–Kier alpha value is -1.92. The van der Waals surface area contributed by atoms with Gasteiger partial charge in [-0.2, -0.15) is 0 Å². The molecule has 1 aromatic heterocycles. The van der Waals surface area contributed by atoms with Crippen LogP contribution in [0, 0.1) is 17.8 Å². The van der Waals surface area contributed by atoms with Crippen molar-refractivity contribution in [1.82, 2.24) is 10.3 Å². The van der Waals surface area contributed by atoms with E-state index in [0.29, 0.717) is 10.2 Å². The van der Waals surface area contributed by atoms with Gasteiger partial charge in [0.1, 0.15) is 0 Å². The van der Waals surface area contributed by atoms with Crippen molar-refractivity contribution in [3.63, 3.8) is 0 Å². The molecule has 0 unspecified atom stereocenters. The monoisotopic (exact) mass is 429 g/mol. The van der Waals surface area contributed by atoms with Crippen LogP contribution in [0.4, 0.5) is 5.13 Å². The first-order chi connectivity index (χ1) is 14.0. The number of benzene rings is 1. The lowest BCUT2D eigenvalue weighted by molar-refractivity contribution is -0.136. The summed E-state index contributed by atoms with van der Waals surface area (Å²) in [6.45, 7) is 0.211. The number of hydrogen-bond donors (Lipinski definition) is 2. The molecule has 1 aromatic carbocycles. The van der Waals surface area contributed by atoms with E-state index in [4.69, 9.17) is 16.6 Å². The molecule has 4 aliphatic carbocycles. The summed E-state index contributed by atoms with van der Waals surface area (Å²) in [5.74, 6) is 1.16. The van der Waals surface area contributed by atoms with Gasteiger partial charge in [0, 0.05) is 22.4 Å². The van der Waals surface area contributed by atoms with Crippen LogP contribution in [0.15, 0.2) is 29.6 Å². The smallest absolute Gasteiger partial charge is 0.315 e. The van der Waals surface area contributed by atoms with E-state index in [1.807, 2.05) is 18.2 Å². The number of amides is 2. The second-order valence-electron chi connectivity index (χ2n) is 8.96. The number of rotatable bonds is 4. The lowest BCUT2D eigenvalue weighted by Crippen LogP contribution is -2.48. The van der Waals surface area contributed by atoms with Crippen LogP contribution < -0.4 is 10.6 Å². The lowest BCUT2D eigenvalue weighted by atomic mass is 9.49. The van der Waals surface area contributed by atoms with Gasteiger partial charge in [0.05, 0.1) is 5.69 Å². The zero-order chi connectivity index (χ0) is 20.0. The molecule has 2 N–H and O–H groups in total. The Kier molecular flexibility index (Phi) is 4.87. The Balaban J connectivity index is 1.22. The molecule has 4 fully saturated rings. The number of carbonyl (C=O) groups is 2. The lowest BCUT2D eigenvalue weighted by Gasteiger charge is -2.56. The summed E-state index contributed by atoms with van der Waals surface area (Å²) in [6, 6.07) is 7.24. The van der Waals surface area contributed by atoms with Crippen LogP contribution in [-0.2, 0) is 21.5 Å². The summed E-state index contributed by atoms with van der Waals surface area (Å²) in [7, 11) is 0. The van der Waals surface area contributed by atoms with E-state index in [2.05, 4.69) is 16.0 Å². The van der Waals surface area contributed by atoms with Crippen LogP contribution in [0.2, 0.25) is 5.02 Å². The third kappa shape index (κ3) is 3.68. The van der Waals surface area contributed by atoms with Crippen LogP contribution in [0.5, 0.6) is 0 Å². The van der Waals surface area contributed by atoms with Crippen molar-refractivity contribution in [2.45, 2.75) is 50.5 Å². The summed E-state index contributed by atoms with van der Waals surface area (Å²) >= 11 is 7.51. The van der Waals surface area contributed by atoms with E-state index in [-0.39, 0.29) is 12.0 Å². The van der Waals surface area contributed by atoms with E-state index in [1.54, 1.807) is 6.07 Å². The standard InChI is InChI=1S/C22H24ClN3O2S/c23-17-4-2-1-3-16(17)11-24-19(27)20(28)26-21-25-18(12-29-21)22-8-13-5-14(9-22)7-15(6-13)10-22/h1-4,12-15H,5-11H2,(H,24,27)(H,25,26,28). The number of nitrogens with zero attached hydrogens (tertiary/aromatic N) is 1. The normalized spacial score (nSPS) is 29.6. The fraction of sp³-hybridized carbons (Fsp3) is 0.500. The molecule has 4 aliphatic rings. The highest BCUT2D eigenvalue weighted by Crippen LogP contribution is 2.60. The Morgan fingerprint density at radius 2 is 1.72 bits per heavy atom. The molecule has 5 nitrogen and oxygen atoms in total. The average molecular weight is 430 g/mol. The molecule has 29 heavy (non-hydrogen) atoms. The molecule has 4 bridgehead atoms. The molecule has 1 heterocycles. The molecule has 2 amide bonds. The second-order valence-corrected chi connectivity index (χ2v) is 10.2. The first-order valence-electron chi connectivity index (χ1n) is 10.3. The predicted octanol–water partition coefficient (Wildman–Crippen LogP) is 4.52. The van der Waals surface area contributed by atoms with E-state index in [9.17, 15) is 9.59 Å². The molecule has 0 spiro atoms.